The quantitative estimate of drug-likeness (QED) is 0.0451. The minimum atomic E-state index is -1.13. The van der Waals surface area contributed by atoms with E-state index in [2.05, 4.69) is 26.8 Å². The molecule has 0 aromatic heterocycles. The number of carbonyl (C=O) groups is 4. The second kappa shape index (κ2) is 17.0. The second-order valence-corrected chi connectivity index (χ2v) is 5.19. The Kier molecular flexibility index (Phi) is 17.7. The van der Waals surface area contributed by atoms with Crippen molar-refractivity contribution in [3.05, 3.63) is 0 Å². The Morgan fingerprint density at radius 2 is 1.48 bits per heavy atom. The van der Waals surface area contributed by atoms with Gasteiger partial charge in [-0.2, -0.15) is 6.41 Å². The van der Waals surface area contributed by atoms with Crippen LogP contribution in [-0.4, -0.2) is 72.6 Å². The van der Waals surface area contributed by atoms with E-state index in [0.29, 0.717) is 0 Å². The molecule has 12 nitrogen and oxygen atoms in total. The first-order chi connectivity index (χ1) is 12.3. The van der Waals surface area contributed by atoms with Crippen LogP contribution >= 0.6 is 0 Å². The molecule has 0 saturated carbocycles. The van der Waals surface area contributed by atoms with Crippen molar-refractivity contribution >= 4 is 30.2 Å². The van der Waals surface area contributed by atoms with E-state index in [1.54, 1.807) is 0 Å². The van der Waals surface area contributed by atoms with Crippen LogP contribution in [0, 0.1) is 0 Å². The molecule has 0 bridgehead atoms. The molecule has 2 atom stereocenters. The van der Waals surface area contributed by atoms with E-state index in [1.807, 2.05) is 0 Å². The third-order valence-corrected chi connectivity index (χ3v) is 3.18. The summed E-state index contributed by atoms with van der Waals surface area (Å²) < 4.78 is 0. The average Bonchev–Trinajstić information content (AvgIpc) is 2.58. The molecule has 0 aliphatic heterocycles. The van der Waals surface area contributed by atoms with Crippen LogP contribution in [0.5, 0.6) is 0 Å². The van der Waals surface area contributed by atoms with Gasteiger partial charge in [-0.15, -0.1) is 0 Å². The van der Waals surface area contributed by atoms with Crippen molar-refractivity contribution in [1.29, 1.82) is 0 Å². The van der Waals surface area contributed by atoms with Gasteiger partial charge < -0.3 is 31.0 Å². The molecule has 3 amide bonds. The van der Waals surface area contributed by atoms with E-state index in [1.165, 1.54) is 13.5 Å². The van der Waals surface area contributed by atoms with Gasteiger partial charge in [0.05, 0.1) is 0 Å². The van der Waals surface area contributed by atoms with Gasteiger partial charge in [0, 0.05) is 25.9 Å². The summed E-state index contributed by atoms with van der Waals surface area (Å²) in [7, 11) is 1.49. The van der Waals surface area contributed by atoms with Crippen molar-refractivity contribution in [2.24, 2.45) is 0 Å². The van der Waals surface area contributed by atoms with Crippen LogP contribution in [0.15, 0.2) is 0 Å². The molecule has 0 rings (SSSR count). The van der Waals surface area contributed by atoms with Crippen LogP contribution in [0.4, 0.5) is 0 Å². The molecule has 0 spiro atoms. The van der Waals surface area contributed by atoms with E-state index < -0.39 is 35.8 Å². The van der Waals surface area contributed by atoms with Crippen LogP contribution in [0.2, 0.25) is 0 Å². The van der Waals surface area contributed by atoms with Crippen LogP contribution in [-0.2, 0) is 24.0 Å². The van der Waals surface area contributed by atoms with Crippen LogP contribution in [0.1, 0.15) is 25.7 Å². The first-order valence-electron chi connectivity index (χ1n) is 7.85. The summed E-state index contributed by atoms with van der Waals surface area (Å²) in [6, 6.07) is -2.05. The van der Waals surface area contributed by atoms with E-state index >= 15 is 0 Å². The van der Waals surface area contributed by atoms with Crippen molar-refractivity contribution in [3.63, 3.8) is 0 Å². The minimum Gasteiger partial charge on any atom is -0.528 e. The van der Waals surface area contributed by atoms with Crippen LogP contribution < -0.4 is 78.2 Å². The van der Waals surface area contributed by atoms with Gasteiger partial charge >= 0.3 is 63.3 Å². The number of carbonyl (C=O) groups excluding carboxylic acids is 3. The van der Waals surface area contributed by atoms with E-state index in [4.69, 9.17) is 10.2 Å². The zero-order valence-electron chi connectivity index (χ0n) is 15.3. The Morgan fingerprint density at radius 1 is 0.926 bits per heavy atom. The summed E-state index contributed by atoms with van der Waals surface area (Å²) >= 11 is 0. The fraction of sp³-hybridized carbons (Fsp3) is 0.643. The van der Waals surface area contributed by atoms with E-state index in [-0.39, 0.29) is 90.2 Å². The molecular formula is C14H24KN5O7. The predicted octanol–water partition coefficient (Wildman–Crippen LogP) is -5.93. The maximum Gasteiger partial charge on any atom is 1.00 e. The first-order valence-corrected chi connectivity index (χ1v) is 7.85. The van der Waals surface area contributed by atoms with Crippen molar-refractivity contribution in [3.8, 4) is 0 Å². The number of carboxylic acid groups (broad SMARTS) is 2. The number of nitrogens with one attached hydrogen (secondary N) is 5. The summed E-state index contributed by atoms with van der Waals surface area (Å²) in [5.74, 6) is -3.48. The Hall–Kier alpha value is -1.09. The standard InChI is InChI=1S/C14H24N5O7.K/c1-15-19-10(3-5-12(23)24)14(26)18-9(2-4-11(21)22)13(25)17-7-6-16-8-20;/h9-10,15,19H,2-7H2,1H3,(H,16,20)(H,17,25)(H,18,26)(H,21,22)(H,23,24);/q-1;+1. The summed E-state index contributed by atoms with van der Waals surface area (Å²) in [5.41, 5.74) is 5.11. The topological polar surface area (TPSA) is 186 Å². The summed E-state index contributed by atoms with van der Waals surface area (Å²) in [5, 5.41) is 24.6. The zero-order chi connectivity index (χ0) is 19.9. The SMILES string of the molecule is CNNC(CCC(=O)O)C(=O)NC(CCC(=O)O)C(=O)NCCN[C-]=O.[K+]. The minimum absolute atomic E-state index is 0. The molecule has 0 aromatic rings. The van der Waals surface area contributed by atoms with Gasteiger partial charge in [0.2, 0.25) is 11.8 Å². The van der Waals surface area contributed by atoms with E-state index in [9.17, 15) is 24.0 Å². The van der Waals surface area contributed by atoms with Crippen molar-refractivity contribution in [1.82, 2.24) is 26.8 Å². The van der Waals surface area contributed by atoms with Crippen LogP contribution in [0.25, 0.3) is 0 Å². The van der Waals surface area contributed by atoms with Crippen molar-refractivity contribution in [2.45, 2.75) is 37.8 Å². The number of carboxylic acids is 2. The van der Waals surface area contributed by atoms with Crippen LogP contribution in [0.3, 0.4) is 0 Å². The van der Waals surface area contributed by atoms with Gasteiger partial charge in [0.25, 0.3) is 0 Å². The molecule has 148 valence electrons. The molecule has 13 heteroatoms. The molecule has 0 aliphatic rings. The summed E-state index contributed by atoms with van der Waals surface area (Å²) in [4.78, 5) is 55.8. The predicted molar refractivity (Wildman–Crippen MR) is 88.4 cm³/mol. The molecule has 0 aromatic carbocycles. The van der Waals surface area contributed by atoms with Gasteiger partial charge in [0.15, 0.2) is 0 Å². The summed E-state index contributed by atoms with van der Waals surface area (Å²) in [6.07, 6.45) is 0.632. The zero-order valence-corrected chi connectivity index (χ0v) is 18.5. The number of amides is 3. The first kappa shape index (κ1) is 28.1. The second-order valence-electron chi connectivity index (χ2n) is 5.19. The molecule has 2 unspecified atom stereocenters. The normalized spacial score (nSPS) is 12.0. The Bertz CT molecular complexity index is 506. The summed E-state index contributed by atoms with van der Waals surface area (Å²) in [6.45, 7) is 0.197. The van der Waals surface area contributed by atoms with Gasteiger partial charge in [-0.1, -0.05) is 0 Å². The number of hydrogen-bond donors (Lipinski definition) is 7. The average molecular weight is 413 g/mol. The Labute approximate surface area is 199 Å². The molecule has 0 heterocycles. The van der Waals surface area contributed by atoms with Gasteiger partial charge in [-0.05, 0) is 19.9 Å². The fourth-order valence-electron chi connectivity index (χ4n) is 1.94. The maximum atomic E-state index is 12.3. The monoisotopic (exact) mass is 413 g/mol. The number of aliphatic carboxylic acids is 2. The molecule has 7 N–H and O–H groups in total. The largest absolute Gasteiger partial charge is 1.00 e. The third-order valence-electron chi connectivity index (χ3n) is 3.18. The Balaban J connectivity index is 0. The van der Waals surface area contributed by atoms with Crippen molar-refractivity contribution < 1.29 is 85.6 Å². The fourth-order valence-corrected chi connectivity index (χ4v) is 1.94. The van der Waals surface area contributed by atoms with Gasteiger partial charge in [-0.25, -0.2) is 5.43 Å². The number of hydrogen-bond acceptors (Lipinski definition) is 7. The Morgan fingerprint density at radius 3 is 1.96 bits per heavy atom. The smallest absolute Gasteiger partial charge is 0.528 e. The maximum absolute atomic E-state index is 12.3. The molecule has 0 radical (unpaired) electrons. The van der Waals surface area contributed by atoms with Gasteiger partial charge in [0.1, 0.15) is 12.1 Å². The number of hydrazine groups is 1. The van der Waals surface area contributed by atoms with E-state index in [0.717, 1.165) is 0 Å². The number of rotatable bonds is 15. The molecule has 0 fully saturated rings. The molecule has 0 aliphatic carbocycles. The third kappa shape index (κ3) is 14.6. The van der Waals surface area contributed by atoms with Crippen molar-refractivity contribution in [2.75, 3.05) is 20.1 Å². The molecule has 0 saturated heterocycles. The molecular weight excluding hydrogens is 389 g/mol. The molecule has 27 heavy (non-hydrogen) atoms. The van der Waals surface area contributed by atoms with Gasteiger partial charge in [-0.3, -0.25) is 24.6 Å².